The summed E-state index contributed by atoms with van der Waals surface area (Å²) in [6.45, 7) is 11.5. The van der Waals surface area contributed by atoms with Crippen LogP contribution in [0.4, 0.5) is 9.18 Å². The highest BCUT2D eigenvalue weighted by Gasteiger charge is 2.36. The third-order valence-electron chi connectivity index (χ3n) is 4.93. The highest BCUT2D eigenvalue weighted by molar-refractivity contribution is 6.30. The van der Waals surface area contributed by atoms with Crippen LogP contribution in [-0.4, -0.2) is 40.5 Å². The number of aliphatic carboxylic acids is 1. The highest BCUT2D eigenvalue weighted by atomic mass is 35.5. The number of hydrogen-bond acceptors (Lipinski definition) is 4. The van der Waals surface area contributed by atoms with E-state index >= 15 is 0 Å². The van der Waals surface area contributed by atoms with Crippen LogP contribution in [0.3, 0.4) is 0 Å². The van der Waals surface area contributed by atoms with E-state index in [1.807, 2.05) is 0 Å². The average Bonchev–Trinajstić information content (AvgIpc) is 2.70. The van der Waals surface area contributed by atoms with Crippen LogP contribution < -0.4 is 5.32 Å². The zero-order valence-electron chi connectivity index (χ0n) is 19.7. The summed E-state index contributed by atoms with van der Waals surface area (Å²) in [6, 6.07) is 3.60. The molecule has 1 unspecified atom stereocenters. The van der Waals surface area contributed by atoms with Gasteiger partial charge in [-0.05, 0) is 76.8 Å². The molecule has 0 heterocycles. The normalized spacial score (nSPS) is 15.4. The average molecular weight is 482 g/mol. The number of allylic oxidation sites excluding steroid dienone is 4. The number of carbonyl (C=O) groups excluding carboxylic acids is 1. The number of benzene rings is 1. The lowest BCUT2D eigenvalue weighted by Crippen LogP contribution is -2.44. The number of ether oxygens (including phenoxy) is 1. The molecule has 33 heavy (non-hydrogen) atoms. The number of carboxylic acid groups (broad SMARTS) is 1. The van der Waals surface area contributed by atoms with Crippen molar-refractivity contribution in [2.75, 3.05) is 6.61 Å². The van der Waals surface area contributed by atoms with Gasteiger partial charge in [0.25, 0.3) is 0 Å². The number of hydrogen-bond donors (Lipinski definition) is 3. The highest BCUT2D eigenvalue weighted by Crippen LogP contribution is 2.27. The molecule has 0 aliphatic rings. The van der Waals surface area contributed by atoms with Gasteiger partial charge in [0.15, 0.2) is 0 Å². The lowest BCUT2D eigenvalue weighted by atomic mass is 9.82. The van der Waals surface area contributed by atoms with E-state index in [0.717, 1.165) is 0 Å². The summed E-state index contributed by atoms with van der Waals surface area (Å²) in [5.41, 5.74) is -0.564. The van der Waals surface area contributed by atoms with Gasteiger partial charge in [0.05, 0.1) is 12.0 Å². The van der Waals surface area contributed by atoms with Crippen molar-refractivity contribution in [1.82, 2.24) is 5.32 Å². The molecule has 0 saturated carbocycles. The summed E-state index contributed by atoms with van der Waals surface area (Å²) >= 11 is 5.97. The Kier molecular flexibility index (Phi) is 10.3. The molecule has 0 aliphatic carbocycles. The van der Waals surface area contributed by atoms with Gasteiger partial charge in [-0.2, -0.15) is 0 Å². The molecule has 0 saturated heterocycles. The maximum absolute atomic E-state index is 14.1. The molecule has 1 amide bonds. The quantitative estimate of drug-likeness (QED) is 0.370. The van der Waals surface area contributed by atoms with Gasteiger partial charge in [0.2, 0.25) is 0 Å². The first-order valence-corrected chi connectivity index (χ1v) is 10.9. The first-order valence-electron chi connectivity index (χ1n) is 10.5. The summed E-state index contributed by atoms with van der Waals surface area (Å²) in [5.74, 6) is -1.59. The van der Waals surface area contributed by atoms with E-state index in [-0.39, 0.29) is 12.8 Å². The molecule has 6 nitrogen and oxygen atoms in total. The van der Waals surface area contributed by atoms with E-state index in [9.17, 15) is 24.2 Å². The monoisotopic (exact) mass is 481 g/mol. The summed E-state index contributed by atoms with van der Waals surface area (Å²) in [4.78, 5) is 24.0. The van der Waals surface area contributed by atoms with E-state index < -0.39 is 41.5 Å². The van der Waals surface area contributed by atoms with Gasteiger partial charge in [0, 0.05) is 16.6 Å². The standard InChI is InChI=1S/C25H33ClFNO5/c1-7-17(9-8-16(2)20-13-18(26)10-11-21(20)27)12-19(14-25(6,15-29)22(30)31)28-23(32)33-24(3,4)5/h7-11,13,19,29H,1,12,14-15H2,2-6H3,(H,28,32)(H,30,31)/b16-8+,17-9+/t19-,25?/m1/s1. The number of aliphatic hydroxyl groups is 1. The van der Waals surface area contributed by atoms with Crippen LogP contribution in [0, 0.1) is 11.2 Å². The van der Waals surface area contributed by atoms with Crippen LogP contribution in [0.2, 0.25) is 5.02 Å². The van der Waals surface area contributed by atoms with Crippen molar-refractivity contribution >= 4 is 29.2 Å². The van der Waals surface area contributed by atoms with Crippen LogP contribution in [-0.2, 0) is 9.53 Å². The van der Waals surface area contributed by atoms with Gasteiger partial charge in [0.1, 0.15) is 11.4 Å². The topological polar surface area (TPSA) is 95.9 Å². The van der Waals surface area contributed by atoms with Crippen molar-refractivity contribution in [2.24, 2.45) is 5.41 Å². The Morgan fingerprint density at radius 3 is 2.42 bits per heavy atom. The van der Waals surface area contributed by atoms with Crippen molar-refractivity contribution < 1.29 is 28.9 Å². The van der Waals surface area contributed by atoms with Crippen LogP contribution in [0.25, 0.3) is 5.57 Å². The molecule has 1 rings (SSSR count). The molecule has 8 heteroatoms. The van der Waals surface area contributed by atoms with Gasteiger partial charge >= 0.3 is 12.1 Å². The van der Waals surface area contributed by atoms with Gasteiger partial charge in [-0.3, -0.25) is 4.79 Å². The van der Waals surface area contributed by atoms with Crippen molar-refractivity contribution in [3.05, 3.63) is 65.0 Å². The number of carboxylic acids is 1. The first-order chi connectivity index (χ1) is 15.2. The Morgan fingerprint density at radius 1 is 1.27 bits per heavy atom. The lowest BCUT2D eigenvalue weighted by Gasteiger charge is -2.29. The van der Waals surface area contributed by atoms with Crippen LogP contribution in [0.5, 0.6) is 0 Å². The number of halogens is 2. The molecule has 0 bridgehead atoms. The van der Waals surface area contributed by atoms with Gasteiger partial charge in [-0.15, -0.1) is 0 Å². The molecule has 0 aliphatic heterocycles. The van der Waals surface area contributed by atoms with Gasteiger partial charge < -0.3 is 20.3 Å². The second kappa shape index (κ2) is 12.0. The number of nitrogens with one attached hydrogen (secondary N) is 1. The van der Waals surface area contributed by atoms with Crippen molar-refractivity contribution in [1.29, 1.82) is 0 Å². The third kappa shape index (κ3) is 9.40. The Balaban J connectivity index is 3.19. The molecule has 0 fully saturated rings. The molecule has 0 spiro atoms. The molecule has 2 atom stereocenters. The fraction of sp³-hybridized carbons (Fsp3) is 0.440. The Morgan fingerprint density at radius 2 is 1.91 bits per heavy atom. The Hall–Kier alpha value is -2.64. The molecule has 0 aromatic heterocycles. The van der Waals surface area contributed by atoms with Crippen molar-refractivity contribution in [3.8, 4) is 0 Å². The van der Waals surface area contributed by atoms with Crippen molar-refractivity contribution in [3.63, 3.8) is 0 Å². The maximum atomic E-state index is 14.1. The number of carbonyl (C=O) groups is 2. The van der Waals surface area contributed by atoms with E-state index in [4.69, 9.17) is 16.3 Å². The predicted molar refractivity (Wildman–Crippen MR) is 129 cm³/mol. The molecule has 1 aromatic rings. The number of rotatable bonds is 10. The van der Waals surface area contributed by atoms with Crippen molar-refractivity contribution in [2.45, 2.75) is 59.1 Å². The first kappa shape index (κ1) is 28.4. The van der Waals surface area contributed by atoms with Crippen LogP contribution in [0.15, 0.2) is 48.6 Å². The van der Waals surface area contributed by atoms with Crippen LogP contribution in [0.1, 0.15) is 53.0 Å². The maximum Gasteiger partial charge on any atom is 0.407 e. The molecule has 1 aromatic carbocycles. The molecule has 0 radical (unpaired) electrons. The van der Waals surface area contributed by atoms with E-state index in [2.05, 4.69) is 11.9 Å². The Labute approximate surface area is 199 Å². The SMILES string of the molecule is C=C/C(=C\C=C(/C)c1cc(Cl)ccc1F)C[C@H](CC(C)(CO)C(=O)O)NC(=O)OC(C)(C)C. The molecule has 3 N–H and O–H groups in total. The fourth-order valence-corrected chi connectivity index (χ4v) is 3.21. The van der Waals surface area contributed by atoms with E-state index in [1.165, 1.54) is 25.1 Å². The fourth-order valence-electron chi connectivity index (χ4n) is 3.04. The molecular weight excluding hydrogens is 449 g/mol. The molecule has 182 valence electrons. The number of alkyl carbamates (subject to hydrolysis) is 1. The summed E-state index contributed by atoms with van der Waals surface area (Å²) in [6.07, 6.45) is 4.44. The zero-order chi connectivity index (χ0) is 25.4. The van der Waals surface area contributed by atoms with E-state index in [1.54, 1.807) is 45.9 Å². The van der Waals surface area contributed by atoms with E-state index in [0.29, 0.717) is 21.7 Å². The second-order valence-corrected chi connectivity index (χ2v) is 9.63. The summed E-state index contributed by atoms with van der Waals surface area (Å²) < 4.78 is 19.4. The summed E-state index contributed by atoms with van der Waals surface area (Å²) in [5, 5.41) is 22.3. The predicted octanol–water partition coefficient (Wildman–Crippen LogP) is 5.75. The minimum absolute atomic E-state index is 0.0468. The number of amides is 1. The largest absolute Gasteiger partial charge is 0.481 e. The zero-order valence-corrected chi connectivity index (χ0v) is 20.5. The number of aliphatic hydroxyl groups excluding tert-OH is 1. The van der Waals surface area contributed by atoms with Gasteiger partial charge in [-0.1, -0.05) is 36.4 Å². The molecular formula is C25H33ClFNO5. The smallest absolute Gasteiger partial charge is 0.407 e. The summed E-state index contributed by atoms with van der Waals surface area (Å²) in [7, 11) is 0. The van der Waals surface area contributed by atoms with Crippen LogP contribution >= 0.6 is 11.6 Å². The lowest BCUT2D eigenvalue weighted by molar-refractivity contribution is -0.151. The van der Waals surface area contributed by atoms with Gasteiger partial charge in [-0.25, -0.2) is 9.18 Å². The minimum Gasteiger partial charge on any atom is -0.481 e. The minimum atomic E-state index is -1.47. The Bertz CT molecular complexity index is 935. The third-order valence-corrected chi connectivity index (χ3v) is 5.16. The second-order valence-electron chi connectivity index (χ2n) is 9.19.